The van der Waals surface area contributed by atoms with Gasteiger partial charge in [0, 0.05) is 13.1 Å². The SMILES string of the molecule is CC(C)CC1(CNC(=O)c2cn(CCN)nn2)CCCC1. The molecule has 118 valence electrons. The maximum absolute atomic E-state index is 12.2. The molecule has 1 amide bonds. The van der Waals surface area contributed by atoms with E-state index in [4.69, 9.17) is 5.73 Å². The molecule has 0 atom stereocenters. The van der Waals surface area contributed by atoms with Crippen molar-refractivity contribution in [3.63, 3.8) is 0 Å². The van der Waals surface area contributed by atoms with Crippen LogP contribution in [0.4, 0.5) is 0 Å². The lowest BCUT2D eigenvalue weighted by Gasteiger charge is -2.31. The van der Waals surface area contributed by atoms with Crippen molar-refractivity contribution in [2.24, 2.45) is 17.1 Å². The summed E-state index contributed by atoms with van der Waals surface area (Å²) in [5, 5.41) is 10.9. The molecule has 3 N–H and O–H groups in total. The van der Waals surface area contributed by atoms with Crippen molar-refractivity contribution < 1.29 is 4.79 Å². The van der Waals surface area contributed by atoms with Crippen LogP contribution in [0.25, 0.3) is 0 Å². The highest BCUT2D eigenvalue weighted by molar-refractivity contribution is 5.91. The Kier molecular flexibility index (Phi) is 5.33. The Labute approximate surface area is 126 Å². The van der Waals surface area contributed by atoms with E-state index in [2.05, 4.69) is 29.5 Å². The Bertz CT molecular complexity index is 462. The minimum absolute atomic E-state index is 0.131. The van der Waals surface area contributed by atoms with Crippen molar-refractivity contribution in [2.75, 3.05) is 13.1 Å². The van der Waals surface area contributed by atoms with Crippen LogP contribution >= 0.6 is 0 Å². The van der Waals surface area contributed by atoms with Crippen molar-refractivity contribution in [3.05, 3.63) is 11.9 Å². The van der Waals surface area contributed by atoms with Gasteiger partial charge in [-0.1, -0.05) is 31.9 Å². The molecule has 21 heavy (non-hydrogen) atoms. The Balaban J connectivity index is 1.92. The molecule has 1 aromatic rings. The number of hydrogen-bond acceptors (Lipinski definition) is 4. The van der Waals surface area contributed by atoms with Crippen LogP contribution in [0, 0.1) is 11.3 Å². The summed E-state index contributed by atoms with van der Waals surface area (Å²) in [7, 11) is 0. The first-order chi connectivity index (χ1) is 10.0. The summed E-state index contributed by atoms with van der Waals surface area (Å²) in [5.74, 6) is 0.527. The van der Waals surface area contributed by atoms with E-state index in [-0.39, 0.29) is 11.3 Å². The van der Waals surface area contributed by atoms with E-state index >= 15 is 0 Å². The molecular formula is C15H27N5O. The molecule has 1 heterocycles. The highest BCUT2D eigenvalue weighted by Gasteiger charge is 2.34. The fraction of sp³-hybridized carbons (Fsp3) is 0.800. The monoisotopic (exact) mass is 293 g/mol. The molecule has 0 bridgehead atoms. The number of rotatable bonds is 7. The zero-order valence-electron chi connectivity index (χ0n) is 13.1. The normalized spacial score (nSPS) is 17.3. The van der Waals surface area contributed by atoms with E-state index in [0.29, 0.717) is 24.7 Å². The predicted molar refractivity (Wildman–Crippen MR) is 81.8 cm³/mol. The fourth-order valence-corrected chi connectivity index (χ4v) is 3.45. The molecule has 1 fully saturated rings. The molecule has 0 unspecified atom stereocenters. The zero-order chi connectivity index (χ0) is 15.3. The molecule has 0 radical (unpaired) electrons. The lowest BCUT2D eigenvalue weighted by molar-refractivity contribution is 0.0916. The smallest absolute Gasteiger partial charge is 0.273 e. The third kappa shape index (κ3) is 4.27. The zero-order valence-corrected chi connectivity index (χ0v) is 13.1. The molecule has 0 aliphatic heterocycles. The highest BCUT2D eigenvalue weighted by atomic mass is 16.2. The predicted octanol–water partition coefficient (Wildman–Crippen LogP) is 1.57. The quantitative estimate of drug-likeness (QED) is 0.799. The first-order valence-corrected chi connectivity index (χ1v) is 7.93. The average Bonchev–Trinajstić information content (AvgIpc) is 3.06. The summed E-state index contributed by atoms with van der Waals surface area (Å²) in [4.78, 5) is 12.2. The van der Waals surface area contributed by atoms with Crippen LogP contribution in [0.1, 0.15) is 56.4 Å². The van der Waals surface area contributed by atoms with Crippen LogP contribution in [0.15, 0.2) is 6.20 Å². The fourth-order valence-electron chi connectivity index (χ4n) is 3.45. The Hall–Kier alpha value is -1.43. The second-order valence-electron chi connectivity index (χ2n) is 6.64. The maximum atomic E-state index is 12.2. The van der Waals surface area contributed by atoms with Gasteiger partial charge in [0.15, 0.2) is 5.69 Å². The molecule has 2 rings (SSSR count). The number of carbonyl (C=O) groups excluding carboxylic acids is 1. The lowest BCUT2D eigenvalue weighted by Crippen LogP contribution is -2.37. The Morgan fingerprint density at radius 1 is 1.48 bits per heavy atom. The Morgan fingerprint density at radius 2 is 2.19 bits per heavy atom. The van der Waals surface area contributed by atoms with Crippen molar-refractivity contribution in [3.8, 4) is 0 Å². The second-order valence-corrected chi connectivity index (χ2v) is 6.64. The van der Waals surface area contributed by atoms with E-state index in [0.717, 1.165) is 6.54 Å². The molecule has 1 aliphatic rings. The van der Waals surface area contributed by atoms with Gasteiger partial charge >= 0.3 is 0 Å². The molecule has 1 saturated carbocycles. The first-order valence-electron chi connectivity index (χ1n) is 7.93. The van der Waals surface area contributed by atoms with Gasteiger partial charge in [0.1, 0.15) is 0 Å². The lowest BCUT2D eigenvalue weighted by atomic mass is 9.78. The van der Waals surface area contributed by atoms with Gasteiger partial charge in [0.05, 0.1) is 12.7 Å². The average molecular weight is 293 g/mol. The second kappa shape index (κ2) is 7.02. The van der Waals surface area contributed by atoms with Crippen molar-refractivity contribution >= 4 is 5.91 Å². The summed E-state index contributed by atoms with van der Waals surface area (Å²) in [6.45, 7) is 6.31. The largest absolute Gasteiger partial charge is 0.350 e. The summed E-state index contributed by atoms with van der Waals surface area (Å²) < 4.78 is 1.61. The molecule has 0 spiro atoms. The summed E-state index contributed by atoms with van der Waals surface area (Å²) in [6.07, 6.45) is 7.81. The van der Waals surface area contributed by atoms with E-state index < -0.39 is 0 Å². The van der Waals surface area contributed by atoms with Crippen LogP contribution in [0.2, 0.25) is 0 Å². The van der Waals surface area contributed by atoms with Crippen LogP contribution in [-0.2, 0) is 6.54 Å². The van der Waals surface area contributed by atoms with Gasteiger partial charge in [-0.2, -0.15) is 0 Å². The molecule has 6 nitrogen and oxygen atoms in total. The Morgan fingerprint density at radius 3 is 2.81 bits per heavy atom. The van der Waals surface area contributed by atoms with E-state index in [1.165, 1.54) is 32.1 Å². The number of aromatic nitrogens is 3. The van der Waals surface area contributed by atoms with Gasteiger partial charge < -0.3 is 11.1 Å². The third-order valence-corrected chi connectivity index (χ3v) is 4.26. The van der Waals surface area contributed by atoms with Gasteiger partial charge in [-0.3, -0.25) is 9.48 Å². The molecule has 0 aromatic carbocycles. The topological polar surface area (TPSA) is 85.8 Å². The number of nitrogens with two attached hydrogens (primary N) is 1. The van der Waals surface area contributed by atoms with Crippen LogP contribution in [0.5, 0.6) is 0 Å². The number of nitrogens with one attached hydrogen (secondary N) is 1. The van der Waals surface area contributed by atoms with Crippen LogP contribution in [-0.4, -0.2) is 34.0 Å². The van der Waals surface area contributed by atoms with Gasteiger partial charge in [-0.15, -0.1) is 5.10 Å². The maximum Gasteiger partial charge on any atom is 0.273 e. The molecule has 6 heteroatoms. The van der Waals surface area contributed by atoms with E-state index in [1.807, 2.05) is 0 Å². The molecule has 1 aromatic heterocycles. The minimum Gasteiger partial charge on any atom is -0.350 e. The van der Waals surface area contributed by atoms with E-state index in [1.54, 1.807) is 10.9 Å². The van der Waals surface area contributed by atoms with Gasteiger partial charge in [-0.25, -0.2) is 0 Å². The summed E-state index contributed by atoms with van der Waals surface area (Å²) in [6, 6.07) is 0. The number of hydrogen-bond donors (Lipinski definition) is 2. The summed E-state index contributed by atoms with van der Waals surface area (Å²) >= 11 is 0. The molecule has 0 saturated heterocycles. The van der Waals surface area contributed by atoms with Gasteiger partial charge in [0.2, 0.25) is 0 Å². The molecular weight excluding hydrogens is 266 g/mol. The number of carbonyl (C=O) groups is 1. The van der Waals surface area contributed by atoms with E-state index in [9.17, 15) is 4.79 Å². The van der Waals surface area contributed by atoms with Crippen molar-refractivity contribution in [2.45, 2.75) is 52.5 Å². The van der Waals surface area contributed by atoms with Crippen molar-refractivity contribution in [1.82, 2.24) is 20.3 Å². The van der Waals surface area contributed by atoms with Gasteiger partial charge in [0.25, 0.3) is 5.91 Å². The number of nitrogens with zero attached hydrogens (tertiary/aromatic N) is 3. The standard InChI is InChI=1S/C15H27N5O/c1-12(2)9-15(5-3-4-6-15)11-17-14(21)13-10-20(8-7-16)19-18-13/h10,12H,3-9,11,16H2,1-2H3,(H,17,21). The minimum atomic E-state index is -0.131. The first kappa shape index (κ1) is 15.9. The molecule has 1 aliphatic carbocycles. The van der Waals surface area contributed by atoms with Crippen LogP contribution < -0.4 is 11.1 Å². The van der Waals surface area contributed by atoms with Gasteiger partial charge in [-0.05, 0) is 30.6 Å². The summed E-state index contributed by atoms with van der Waals surface area (Å²) in [5.41, 5.74) is 6.11. The highest BCUT2D eigenvalue weighted by Crippen LogP contribution is 2.42. The van der Waals surface area contributed by atoms with Crippen LogP contribution in [0.3, 0.4) is 0 Å². The number of amides is 1. The third-order valence-electron chi connectivity index (χ3n) is 4.26. The van der Waals surface area contributed by atoms with Crippen molar-refractivity contribution in [1.29, 1.82) is 0 Å².